The van der Waals surface area contributed by atoms with Crippen LogP contribution in [0.15, 0.2) is 22.8 Å². The normalized spacial score (nSPS) is 16.2. The Kier molecular flexibility index (Phi) is 5.38. The van der Waals surface area contributed by atoms with E-state index < -0.39 is 0 Å². The van der Waals surface area contributed by atoms with E-state index in [0.717, 1.165) is 0 Å². The van der Waals surface area contributed by atoms with E-state index in [0.29, 0.717) is 50.9 Å². The monoisotopic (exact) mass is 293 g/mol. The van der Waals surface area contributed by atoms with E-state index in [1.807, 2.05) is 0 Å². The predicted octanol–water partition coefficient (Wildman–Crippen LogP) is 0.810. The zero-order valence-corrected chi connectivity index (χ0v) is 12.7. The van der Waals surface area contributed by atoms with Gasteiger partial charge in [0.15, 0.2) is 5.76 Å². The quantitative estimate of drug-likeness (QED) is 0.872. The minimum absolute atomic E-state index is 0.0505. The van der Waals surface area contributed by atoms with Gasteiger partial charge in [0.05, 0.1) is 12.8 Å². The van der Waals surface area contributed by atoms with Gasteiger partial charge < -0.3 is 14.6 Å². The topological polar surface area (TPSA) is 65.8 Å². The minimum atomic E-state index is -0.0797. The first-order valence-corrected chi connectivity index (χ1v) is 7.38. The Hall–Kier alpha value is -1.82. The summed E-state index contributed by atoms with van der Waals surface area (Å²) in [5.74, 6) is 0.799. The second-order valence-corrected chi connectivity index (χ2v) is 5.74. The number of piperazine rings is 1. The largest absolute Gasteiger partial charge is 0.459 e. The highest BCUT2D eigenvalue weighted by Gasteiger charge is 2.24. The molecule has 0 spiro atoms. The first-order valence-electron chi connectivity index (χ1n) is 7.38. The van der Waals surface area contributed by atoms with Crippen LogP contribution < -0.4 is 5.32 Å². The number of carbonyl (C=O) groups is 2. The lowest BCUT2D eigenvalue weighted by Crippen LogP contribution is -2.51. The van der Waals surface area contributed by atoms with Crippen molar-refractivity contribution in [3.8, 4) is 0 Å². The third-order valence-corrected chi connectivity index (χ3v) is 3.47. The summed E-state index contributed by atoms with van der Waals surface area (Å²) in [6, 6.07) is 3.39. The zero-order valence-electron chi connectivity index (χ0n) is 12.7. The van der Waals surface area contributed by atoms with Crippen molar-refractivity contribution in [1.82, 2.24) is 15.1 Å². The molecule has 1 aliphatic rings. The van der Waals surface area contributed by atoms with E-state index in [4.69, 9.17) is 4.42 Å². The van der Waals surface area contributed by atoms with Crippen LogP contribution in [-0.2, 0) is 4.79 Å². The van der Waals surface area contributed by atoms with Crippen LogP contribution in [0.1, 0.15) is 24.4 Å². The van der Waals surface area contributed by atoms with Crippen LogP contribution in [0.2, 0.25) is 0 Å². The fourth-order valence-electron chi connectivity index (χ4n) is 2.24. The van der Waals surface area contributed by atoms with Crippen molar-refractivity contribution in [3.05, 3.63) is 24.2 Å². The number of amides is 2. The van der Waals surface area contributed by atoms with Crippen molar-refractivity contribution in [2.75, 3.05) is 39.3 Å². The average Bonchev–Trinajstić information content (AvgIpc) is 2.99. The molecule has 1 aromatic heterocycles. The molecular weight excluding hydrogens is 270 g/mol. The summed E-state index contributed by atoms with van der Waals surface area (Å²) in [6.07, 6.45) is 1.50. The van der Waals surface area contributed by atoms with E-state index in [1.54, 1.807) is 17.0 Å². The van der Waals surface area contributed by atoms with E-state index >= 15 is 0 Å². The molecule has 116 valence electrons. The van der Waals surface area contributed by atoms with Crippen LogP contribution in [0.5, 0.6) is 0 Å². The Morgan fingerprint density at radius 1 is 1.29 bits per heavy atom. The molecule has 6 heteroatoms. The zero-order chi connectivity index (χ0) is 15.2. The minimum Gasteiger partial charge on any atom is -0.459 e. The smallest absolute Gasteiger partial charge is 0.289 e. The fraction of sp³-hybridized carbons (Fsp3) is 0.600. The molecular formula is C15H23N3O3. The van der Waals surface area contributed by atoms with Crippen molar-refractivity contribution >= 4 is 11.8 Å². The number of hydrogen-bond acceptors (Lipinski definition) is 4. The molecule has 1 saturated heterocycles. The van der Waals surface area contributed by atoms with Gasteiger partial charge in [-0.15, -0.1) is 0 Å². The molecule has 2 amide bonds. The van der Waals surface area contributed by atoms with Gasteiger partial charge >= 0.3 is 0 Å². The lowest BCUT2D eigenvalue weighted by atomic mass is 10.2. The van der Waals surface area contributed by atoms with E-state index in [-0.39, 0.29) is 11.8 Å². The Morgan fingerprint density at radius 3 is 2.57 bits per heavy atom. The second-order valence-electron chi connectivity index (χ2n) is 5.74. The molecule has 6 nitrogen and oxygen atoms in total. The van der Waals surface area contributed by atoms with Crippen molar-refractivity contribution < 1.29 is 14.0 Å². The molecule has 1 N–H and O–H groups in total. The van der Waals surface area contributed by atoms with Gasteiger partial charge in [0, 0.05) is 32.7 Å². The summed E-state index contributed by atoms with van der Waals surface area (Å²) >= 11 is 0. The molecule has 1 aromatic rings. The summed E-state index contributed by atoms with van der Waals surface area (Å²) in [7, 11) is 0. The van der Waals surface area contributed by atoms with Gasteiger partial charge in [-0.3, -0.25) is 14.5 Å². The third-order valence-electron chi connectivity index (χ3n) is 3.47. The second kappa shape index (κ2) is 7.26. The Balaban J connectivity index is 1.73. The van der Waals surface area contributed by atoms with Crippen LogP contribution in [-0.4, -0.2) is 60.9 Å². The molecule has 0 bridgehead atoms. The van der Waals surface area contributed by atoms with E-state index in [1.165, 1.54) is 6.26 Å². The van der Waals surface area contributed by atoms with Gasteiger partial charge in [0.2, 0.25) is 5.91 Å². The van der Waals surface area contributed by atoms with Gasteiger partial charge in [-0.05, 0) is 18.1 Å². The summed E-state index contributed by atoms with van der Waals surface area (Å²) in [5.41, 5.74) is 0. The Bertz CT molecular complexity index is 463. The lowest BCUT2D eigenvalue weighted by Gasteiger charge is -2.33. The number of carbonyl (C=O) groups excluding carboxylic acids is 2. The maximum atomic E-state index is 12.1. The van der Waals surface area contributed by atoms with Gasteiger partial charge in [-0.25, -0.2) is 0 Å². The van der Waals surface area contributed by atoms with E-state index in [9.17, 15) is 9.59 Å². The number of rotatable bonds is 5. The molecule has 1 aliphatic heterocycles. The van der Waals surface area contributed by atoms with Crippen LogP contribution in [0.4, 0.5) is 0 Å². The van der Waals surface area contributed by atoms with Crippen LogP contribution in [0, 0.1) is 5.92 Å². The molecule has 0 aliphatic carbocycles. The molecule has 2 heterocycles. The molecule has 0 unspecified atom stereocenters. The Morgan fingerprint density at radius 2 is 2.00 bits per heavy atom. The molecule has 0 radical (unpaired) electrons. The van der Waals surface area contributed by atoms with Gasteiger partial charge in [-0.1, -0.05) is 13.8 Å². The highest BCUT2D eigenvalue weighted by Crippen LogP contribution is 2.09. The molecule has 0 aromatic carbocycles. The number of nitrogens with zero attached hydrogens (tertiary/aromatic N) is 2. The summed E-state index contributed by atoms with van der Waals surface area (Å²) < 4.78 is 5.13. The maximum absolute atomic E-state index is 12.1. The van der Waals surface area contributed by atoms with E-state index in [2.05, 4.69) is 24.1 Å². The first kappa shape index (κ1) is 15.6. The number of hydrogen-bond donors (Lipinski definition) is 1. The summed E-state index contributed by atoms with van der Waals surface area (Å²) in [4.78, 5) is 27.7. The maximum Gasteiger partial charge on any atom is 0.289 e. The number of nitrogens with one attached hydrogen (secondary N) is 1. The first-order chi connectivity index (χ1) is 10.1. The predicted molar refractivity (Wildman–Crippen MR) is 78.9 cm³/mol. The molecule has 1 fully saturated rings. The van der Waals surface area contributed by atoms with Crippen molar-refractivity contribution in [2.45, 2.75) is 13.8 Å². The standard InChI is InChI=1S/C15H23N3O3/c1-12(2)10-16-14(19)11-17-5-7-18(8-6-17)15(20)13-4-3-9-21-13/h3-4,9,12H,5-8,10-11H2,1-2H3,(H,16,19). The highest BCUT2D eigenvalue weighted by atomic mass is 16.3. The lowest BCUT2D eigenvalue weighted by molar-refractivity contribution is -0.122. The van der Waals surface area contributed by atoms with Crippen molar-refractivity contribution in [1.29, 1.82) is 0 Å². The van der Waals surface area contributed by atoms with Crippen LogP contribution in [0.3, 0.4) is 0 Å². The van der Waals surface area contributed by atoms with Crippen molar-refractivity contribution in [3.63, 3.8) is 0 Å². The SMILES string of the molecule is CC(C)CNC(=O)CN1CCN(C(=O)c2ccco2)CC1. The molecule has 21 heavy (non-hydrogen) atoms. The fourth-order valence-corrected chi connectivity index (χ4v) is 2.24. The van der Waals surface area contributed by atoms with Gasteiger partial charge in [0.1, 0.15) is 0 Å². The molecule has 0 saturated carbocycles. The van der Waals surface area contributed by atoms with Crippen LogP contribution in [0.25, 0.3) is 0 Å². The van der Waals surface area contributed by atoms with Crippen molar-refractivity contribution in [2.24, 2.45) is 5.92 Å². The summed E-state index contributed by atoms with van der Waals surface area (Å²) in [5, 5.41) is 2.91. The molecule has 2 rings (SSSR count). The van der Waals surface area contributed by atoms with Gasteiger partial charge in [-0.2, -0.15) is 0 Å². The van der Waals surface area contributed by atoms with Gasteiger partial charge in [0.25, 0.3) is 5.91 Å². The third kappa shape index (κ3) is 4.60. The average molecular weight is 293 g/mol. The molecule has 0 atom stereocenters. The van der Waals surface area contributed by atoms with Crippen LogP contribution >= 0.6 is 0 Å². The summed E-state index contributed by atoms with van der Waals surface area (Å²) in [6.45, 7) is 7.90. The number of furan rings is 1. The highest BCUT2D eigenvalue weighted by molar-refractivity contribution is 5.91. The Labute approximate surface area is 125 Å².